The minimum atomic E-state index is -0.773. The summed E-state index contributed by atoms with van der Waals surface area (Å²) in [5.41, 5.74) is 0.561. The molecule has 0 bridgehead atoms. The molecule has 0 unspecified atom stereocenters. The standard InChI is InChI=1S/C20H21FO5.C2H6/c1-20(2,3)26-19(23)15-11-13(7-9-17(15)24-4)12-6-8-16(21)14(10-12)18(22)25-5;1-2/h6-11H,1-5H3;1-2H3. The van der Waals surface area contributed by atoms with Crippen LogP contribution in [0.5, 0.6) is 5.75 Å². The lowest BCUT2D eigenvalue weighted by molar-refractivity contribution is 0.00663. The largest absolute Gasteiger partial charge is 0.496 e. The van der Waals surface area contributed by atoms with Crippen molar-refractivity contribution < 1.29 is 28.2 Å². The fourth-order valence-electron chi connectivity index (χ4n) is 2.35. The van der Waals surface area contributed by atoms with Crippen molar-refractivity contribution in [3.8, 4) is 16.9 Å². The Labute approximate surface area is 165 Å². The van der Waals surface area contributed by atoms with Gasteiger partial charge in [-0.05, 0) is 56.2 Å². The summed E-state index contributed by atoms with van der Waals surface area (Å²) in [6.07, 6.45) is 0. The highest BCUT2D eigenvalue weighted by molar-refractivity contribution is 5.95. The molecule has 0 amide bonds. The van der Waals surface area contributed by atoms with Crippen LogP contribution in [0.4, 0.5) is 4.39 Å². The number of esters is 2. The fraction of sp³-hybridized carbons (Fsp3) is 0.364. The van der Waals surface area contributed by atoms with E-state index in [0.29, 0.717) is 16.9 Å². The summed E-state index contributed by atoms with van der Waals surface area (Å²) in [5.74, 6) is -1.63. The molecule has 6 heteroatoms. The maximum atomic E-state index is 13.8. The zero-order valence-electron chi connectivity index (χ0n) is 17.4. The number of halogens is 1. The number of carbonyl (C=O) groups excluding carboxylic acids is 2. The molecule has 2 aromatic rings. The minimum Gasteiger partial charge on any atom is -0.496 e. The summed E-state index contributed by atoms with van der Waals surface area (Å²) >= 11 is 0. The van der Waals surface area contributed by atoms with Crippen molar-refractivity contribution in [1.29, 1.82) is 0 Å². The molecule has 0 aliphatic rings. The summed E-state index contributed by atoms with van der Waals surface area (Å²) in [6.45, 7) is 9.30. The summed E-state index contributed by atoms with van der Waals surface area (Å²) in [5, 5.41) is 0. The molecule has 0 N–H and O–H groups in total. The van der Waals surface area contributed by atoms with Gasteiger partial charge >= 0.3 is 11.9 Å². The van der Waals surface area contributed by atoms with E-state index in [2.05, 4.69) is 4.74 Å². The van der Waals surface area contributed by atoms with Crippen molar-refractivity contribution in [3.05, 3.63) is 53.3 Å². The molecule has 28 heavy (non-hydrogen) atoms. The molecule has 0 aromatic heterocycles. The van der Waals surface area contributed by atoms with Crippen molar-refractivity contribution >= 4 is 11.9 Å². The van der Waals surface area contributed by atoms with Crippen LogP contribution in [0.1, 0.15) is 55.3 Å². The third-order valence-corrected chi connectivity index (χ3v) is 3.52. The van der Waals surface area contributed by atoms with Crippen LogP contribution in [0.2, 0.25) is 0 Å². The quantitative estimate of drug-likeness (QED) is 0.666. The van der Waals surface area contributed by atoms with Crippen molar-refractivity contribution in [2.24, 2.45) is 0 Å². The van der Waals surface area contributed by atoms with Crippen LogP contribution in [0, 0.1) is 5.82 Å². The molecule has 0 spiro atoms. The lowest BCUT2D eigenvalue weighted by Crippen LogP contribution is -2.24. The Kier molecular flexibility index (Phi) is 8.16. The van der Waals surface area contributed by atoms with E-state index in [1.807, 2.05) is 13.8 Å². The number of hydrogen-bond acceptors (Lipinski definition) is 5. The van der Waals surface area contributed by atoms with Crippen LogP contribution in [0.3, 0.4) is 0 Å². The van der Waals surface area contributed by atoms with E-state index >= 15 is 0 Å². The molecule has 2 rings (SSSR count). The fourth-order valence-corrected chi connectivity index (χ4v) is 2.35. The van der Waals surface area contributed by atoms with E-state index in [1.165, 1.54) is 32.4 Å². The first kappa shape index (κ1) is 23.1. The van der Waals surface area contributed by atoms with Gasteiger partial charge < -0.3 is 14.2 Å². The van der Waals surface area contributed by atoms with E-state index in [0.717, 1.165) is 0 Å². The van der Waals surface area contributed by atoms with Gasteiger partial charge in [0.1, 0.15) is 22.7 Å². The Balaban J connectivity index is 0.00000190. The number of methoxy groups -OCH3 is 2. The second kappa shape index (κ2) is 9.88. The lowest BCUT2D eigenvalue weighted by atomic mass is 10.00. The zero-order valence-corrected chi connectivity index (χ0v) is 17.4. The highest BCUT2D eigenvalue weighted by atomic mass is 19.1. The number of benzene rings is 2. The number of hydrogen-bond donors (Lipinski definition) is 0. The van der Waals surface area contributed by atoms with Crippen molar-refractivity contribution in [2.75, 3.05) is 14.2 Å². The molecule has 0 saturated carbocycles. The van der Waals surface area contributed by atoms with Gasteiger partial charge in [0.15, 0.2) is 0 Å². The van der Waals surface area contributed by atoms with Crippen LogP contribution in [0.15, 0.2) is 36.4 Å². The van der Waals surface area contributed by atoms with Gasteiger partial charge in [-0.2, -0.15) is 0 Å². The molecule has 0 atom stereocenters. The topological polar surface area (TPSA) is 61.8 Å². The van der Waals surface area contributed by atoms with E-state index < -0.39 is 23.4 Å². The predicted molar refractivity (Wildman–Crippen MR) is 106 cm³/mol. The van der Waals surface area contributed by atoms with E-state index in [-0.39, 0.29) is 11.1 Å². The average molecular weight is 390 g/mol. The van der Waals surface area contributed by atoms with Gasteiger partial charge in [-0.15, -0.1) is 0 Å². The maximum absolute atomic E-state index is 13.8. The summed E-state index contributed by atoms with van der Waals surface area (Å²) in [6, 6.07) is 8.99. The van der Waals surface area contributed by atoms with Gasteiger partial charge in [0.25, 0.3) is 0 Å². The predicted octanol–water partition coefficient (Wildman–Crippen LogP) is 5.27. The summed E-state index contributed by atoms with van der Waals surface area (Å²) < 4.78 is 29.1. The maximum Gasteiger partial charge on any atom is 0.342 e. The minimum absolute atomic E-state index is 0.181. The number of carbonyl (C=O) groups is 2. The van der Waals surface area contributed by atoms with E-state index in [1.54, 1.807) is 39.0 Å². The molecule has 152 valence electrons. The molecule has 0 saturated heterocycles. The normalized spacial score (nSPS) is 10.4. The van der Waals surface area contributed by atoms with Gasteiger partial charge in [-0.3, -0.25) is 0 Å². The molecule has 0 fully saturated rings. The number of ether oxygens (including phenoxy) is 3. The Morgan fingerprint density at radius 1 is 0.857 bits per heavy atom. The monoisotopic (exact) mass is 390 g/mol. The lowest BCUT2D eigenvalue weighted by Gasteiger charge is -2.20. The third-order valence-electron chi connectivity index (χ3n) is 3.52. The van der Waals surface area contributed by atoms with Gasteiger partial charge in [-0.1, -0.05) is 26.0 Å². The first-order valence-corrected chi connectivity index (χ1v) is 8.96. The Bertz CT molecular complexity index is 837. The molecule has 0 radical (unpaired) electrons. The van der Waals surface area contributed by atoms with Crippen molar-refractivity contribution in [1.82, 2.24) is 0 Å². The second-order valence-corrected chi connectivity index (χ2v) is 6.60. The van der Waals surface area contributed by atoms with Gasteiger partial charge in [-0.25, -0.2) is 14.0 Å². The smallest absolute Gasteiger partial charge is 0.342 e. The van der Waals surface area contributed by atoms with Crippen LogP contribution in [0.25, 0.3) is 11.1 Å². The van der Waals surface area contributed by atoms with Gasteiger partial charge in [0.05, 0.1) is 19.8 Å². The Hall–Kier alpha value is -2.89. The highest BCUT2D eigenvalue weighted by Gasteiger charge is 2.22. The Morgan fingerprint density at radius 2 is 1.39 bits per heavy atom. The van der Waals surface area contributed by atoms with Crippen LogP contribution in [-0.2, 0) is 9.47 Å². The molecule has 2 aromatic carbocycles. The Morgan fingerprint density at radius 3 is 1.89 bits per heavy atom. The zero-order chi connectivity index (χ0) is 21.5. The molecule has 0 heterocycles. The van der Waals surface area contributed by atoms with Crippen molar-refractivity contribution in [3.63, 3.8) is 0 Å². The summed E-state index contributed by atoms with van der Waals surface area (Å²) in [7, 11) is 2.64. The van der Waals surface area contributed by atoms with E-state index in [9.17, 15) is 14.0 Å². The first-order chi connectivity index (χ1) is 13.2. The average Bonchev–Trinajstić information content (AvgIpc) is 2.67. The molecule has 0 aliphatic heterocycles. The first-order valence-electron chi connectivity index (χ1n) is 8.96. The van der Waals surface area contributed by atoms with Gasteiger partial charge in [0.2, 0.25) is 0 Å². The highest BCUT2D eigenvalue weighted by Crippen LogP contribution is 2.29. The van der Waals surface area contributed by atoms with Crippen LogP contribution >= 0.6 is 0 Å². The SMILES string of the molecule is CC.COC(=O)c1cc(-c2ccc(OC)c(C(=O)OC(C)(C)C)c2)ccc1F. The van der Waals surface area contributed by atoms with Gasteiger partial charge in [0, 0.05) is 0 Å². The third kappa shape index (κ3) is 5.81. The van der Waals surface area contributed by atoms with Crippen LogP contribution < -0.4 is 4.74 Å². The molecule has 0 aliphatic carbocycles. The number of rotatable bonds is 4. The molecular weight excluding hydrogens is 363 g/mol. The van der Waals surface area contributed by atoms with Crippen molar-refractivity contribution in [2.45, 2.75) is 40.2 Å². The van der Waals surface area contributed by atoms with E-state index in [4.69, 9.17) is 9.47 Å². The summed E-state index contributed by atoms with van der Waals surface area (Å²) in [4.78, 5) is 24.2. The molecule has 5 nitrogen and oxygen atoms in total. The second-order valence-electron chi connectivity index (χ2n) is 6.60. The molecular formula is C22H27FO5. The van der Waals surface area contributed by atoms with Crippen LogP contribution in [-0.4, -0.2) is 31.8 Å².